The average Bonchev–Trinajstić information content (AvgIpc) is 2.59. The van der Waals surface area contributed by atoms with Crippen LogP contribution in [0, 0.1) is 6.92 Å². The Balaban J connectivity index is 2.39. The van der Waals surface area contributed by atoms with Crippen molar-refractivity contribution in [1.29, 1.82) is 0 Å². The Morgan fingerprint density at radius 1 is 1.29 bits per heavy atom. The van der Waals surface area contributed by atoms with E-state index in [-0.39, 0.29) is 6.04 Å². The summed E-state index contributed by atoms with van der Waals surface area (Å²) in [6.07, 6.45) is 2.77. The van der Waals surface area contributed by atoms with Gasteiger partial charge in [0.1, 0.15) is 12.4 Å². The fourth-order valence-corrected chi connectivity index (χ4v) is 2.83. The van der Waals surface area contributed by atoms with Crippen molar-refractivity contribution in [2.45, 2.75) is 26.3 Å². The summed E-state index contributed by atoms with van der Waals surface area (Å²) in [6, 6.07) is 11.5. The number of nitrogens with two attached hydrogens (primary N) is 1. The van der Waals surface area contributed by atoms with Crippen molar-refractivity contribution in [3.63, 3.8) is 0 Å². The Bertz CT molecular complexity index is 700. The Morgan fingerprint density at radius 3 is 2.79 bits per heavy atom. The topological polar surface area (TPSA) is 47.3 Å². The van der Waals surface area contributed by atoms with Crippen LogP contribution in [0.4, 0.5) is 5.69 Å². The van der Waals surface area contributed by atoms with Crippen LogP contribution in [-0.4, -0.2) is 13.2 Å². The molecule has 0 heterocycles. The molecule has 4 heteroatoms. The fourth-order valence-electron chi connectivity index (χ4n) is 2.65. The SMILES string of the molecule is C=CCOc1cccc(C(N)c2cc(Cl)ccc2NCCC)c1C. The summed E-state index contributed by atoms with van der Waals surface area (Å²) < 4.78 is 5.72. The molecule has 0 amide bonds. The first kappa shape index (κ1) is 18.4. The Labute approximate surface area is 149 Å². The van der Waals surface area contributed by atoms with E-state index in [0.29, 0.717) is 11.6 Å². The van der Waals surface area contributed by atoms with Gasteiger partial charge >= 0.3 is 0 Å². The molecule has 0 aliphatic carbocycles. The van der Waals surface area contributed by atoms with Crippen molar-refractivity contribution in [1.82, 2.24) is 0 Å². The molecule has 0 saturated carbocycles. The van der Waals surface area contributed by atoms with E-state index in [1.165, 1.54) is 0 Å². The summed E-state index contributed by atoms with van der Waals surface area (Å²) in [5, 5.41) is 4.11. The van der Waals surface area contributed by atoms with Gasteiger partial charge < -0.3 is 15.8 Å². The fraction of sp³-hybridized carbons (Fsp3) is 0.300. The number of nitrogens with one attached hydrogen (secondary N) is 1. The van der Waals surface area contributed by atoms with Crippen molar-refractivity contribution in [3.8, 4) is 5.75 Å². The van der Waals surface area contributed by atoms with Crippen LogP contribution in [0.15, 0.2) is 49.1 Å². The standard InChI is InChI=1S/C20H25ClN2O/c1-4-11-23-18-10-9-15(21)13-17(18)20(22)16-7-6-8-19(14(16)3)24-12-5-2/h5-10,13,20,23H,2,4,11-12,22H2,1,3H3. The second-order valence-corrected chi connectivity index (χ2v) is 6.14. The highest BCUT2D eigenvalue weighted by molar-refractivity contribution is 6.30. The Hall–Kier alpha value is -1.97. The molecule has 0 aliphatic rings. The smallest absolute Gasteiger partial charge is 0.123 e. The first-order valence-electron chi connectivity index (χ1n) is 8.20. The molecule has 3 nitrogen and oxygen atoms in total. The maximum atomic E-state index is 6.58. The molecule has 0 aliphatic heterocycles. The molecule has 0 aromatic heterocycles. The third kappa shape index (κ3) is 4.31. The molecule has 128 valence electrons. The monoisotopic (exact) mass is 344 g/mol. The summed E-state index contributed by atoms with van der Waals surface area (Å²) in [7, 11) is 0. The molecular weight excluding hydrogens is 320 g/mol. The molecular formula is C20H25ClN2O. The van der Waals surface area contributed by atoms with Crippen molar-refractivity contribution < 1.29 is 4.74 Å². The van der Waals surface area contributed by atoms with Gasteiger partial charge in [-0.3, -0.25) is 0 Å². The number of anilines is 1. The van der Waals surface area contributed by atoms with Gasteiger partial charge in [0.05, 0.1) is 6.04 Å². The van der Waals surface area contributed by atoms with E-state index in [0.717, 1.165) is 41.1 Å². The predicted octanol–water partition coefficient (Wildman–Crippen LogP) is 5.08. The highest BCUT2D eigenvalue weighted by Crippen LogP contribution is 2.33. The van der Waals surface area contributed by atoms with E-state index in [4.69, 9.17) is 22.1 Å². The predicted molar refractivity (Wildman–Crippen MR) is 103 cm³/mol. The minimum atomic E-state index is -0.282. The van der Waals surface area contributed by atoms with E-state index in [1.54, 1.807) is 6.08 Å². The maximum absolute atomic E-state index is 6.58. The third-order valence-corrected chi connectivity index (χ3v) is 4.17. The van der Waals surface area contributed by atoms with Crippen LogP contribution in [0.1, 0.15) is 36.1 Å². The van der Waals surface area contributed by atoms with Crippen LogP contribution in [0.2, 0.25) is 5.02 Å². The molecule has 3 N–H and O–H groups in total. The Morgan fingerprint density at radius 2 is 2.08 bits per heavy atom. The highest BCUT2D eigenvalue weighted by atomic mass is 35.5. The lowest BCUT2D eigenvalue weighted by atomic mass is 9.94. The number of hydrogen-bond donors (Lipinski definition) is 2. The second-order valence-electron chi connectivity index (χ2n) is 5.71. The van der Waals surface area contributed by atoms with Gasteiger partial charge in [-0.15, -0.1) is 0 Å². The molecule has 0 saturated heterocycles. The molecule has 0 fully saturated rings. The van der Waals surface area contributed by atoms with Crippen LogP contribution >= 0.6 is 11.6 Å². The summed E-state index contributed by atoms with van der Waals surface area (Å²) in [5.41, 5.74) is 10.6. The molecule has 0 bridgehead atoms. The van der Waals surface area contributed by atoms with Gasteiger partial charge in [-0.2, -0.15) is 0 Å². The quantitative estimate of drug-likeness (QED) is 0.656. The zero-order valence-electron chi connectivity index (χ0n) is 14.3. The van der Waals surface area contributed by atoms with Crippen LogP contribution in [-0.2, 0) is 0 Å². The molecule has 1 atom stereocenters. The molecule has 24 heavy (non-hydrogen) atoms. The number of halogens is 1. The van der Waals surface area contributed by atoms with E-state index in [9.17, 15) is 0 Å². The van der Waals surface area contributed by atoms with E-state index in [1.807, 2.05) is 43.3 Å². The van der Waals surface area contributed by atoms with Crippen LogP contribution < -0.4 is 15.8 Å². The van der Waals surface area contributed by atoms with E-state index >= 15 is 0 Å². The van der Waals surface area contributed by atoms with Gasteiger partial charge in [0, 0.05) is 17.3 Å². The first-order valence-corrected chi connectivity index (χ1v) is 8.58. The maximum Gasteiger partial charge on any atom is 0.123 e. The molecule has 2 aromatic carbocycles. The second kappa shape index (κ2) is 8.76. The van der Waals surface area contributed by atoms with Crippen LogP contribution in [0.3, 0.4) is 0 Å². The number of benzene rings is 2. The van der Waals surface area contributed by atoms with Crippen molar-refractivity contribution in [3.05, 3.63) is 70.8 Å². The van der Waals surface area contributed by atoms with Crippen molar-refractivity contribution >= 4 is 17.3 Å². The first-order chi connectivity index (χ1) is 11.6. The molecule has 0 spiro atoms. The third-order valence-electron chi connectivity index (χ3n) is 3.93. The summed E-state index contributed by atoms with van der Waals surface area (Å²) in [5.74, 6) is 0.827. The zero-order valence-corrected chi connectivity index (χ0v) is 15.1. The molecule has 2 aromatic rings. The average molecular weight is 345 g/mol. The zero-order chi connectivity index (χ0) is 17.5. The minimum absolute atomic E-state index is 0.282. The van der Waals surface area contributed by atoms with Crippen LogP contribution in [0.5, 0.6) is 5.75 Å². The lowest BCUT2D eigenvalue weighted by Gasteiger charge is -2.21. The van der Waals surface area contributed by atoms with Crippen LogP contribution in [0.25, 0.3) is 0 Å². The highest BCUT2D eigenvalue weighted by Gasteiger charge is 2.17. The minimum Gasteiger partial charge on any atom is -0.489 e. The van der Waals surface area contributed by atoms with Crippen molar-refractivity contribution in [2.24, 2.45) is 5.73 Å². The number of rotatable bonds is 8. The van der Waals surface area contributed by atoms with Gasteiger partial charge in [0.15, 0.2) is 0 Å². The summed E-state index contributed by atoms with van der Waals surface area (Å²) in [4.78, 5) is 0. The molecule has 1 unspecified atom stereocenters. The van der Waals surface area contributed by atoms with Gasteiger partial charge in [0.2, 0.25) is 0 Å². The summed E-state index contributed by atoms with van der Waals surface area (Å²) >= 11 is 6.20. The van der Waals surface area contributed by atoms with E-state index < -0.39 is 0 Å². The van der Waals surface area contributed by atoms with E-state index in [2.05, 4.69) is 18.8 Å². The van der Waals surface area contributed by atoms with Gasteiger partial charge in [-0.25, -0.2) is 0 Å². The number of hydrogen-bond acceptors (Lipinski definition) is 3. The van der Waals surface area contributed by atoms with Gasteiger partial charge in [-0.05, 0) is 54.3 Å². The Kier molecular flexibility index (Phi) is 6.71. The number of ether oxygens (including phenoxy) is 1. The van der Waals surface area contributed by atoms with Crippen molar-refractivity contribution in [2.75, 3.05) is 18.5 Å². The summed E-state index contributed by atoms with van der Waals surface area (Å²) in [6.45, 7) is 9.21. The lowest BCUT2D eigenvalue weighted by Crippen LogP contribution is -2.16. The normalized spacial score (nSPS) is 11.8. The largest absolute Gasteiger partial charge is 0.489 e. The lowest BCUT2D eigenvalue weighted by molar-refractivity contribution is 0.360. The van der Waals surface area contributed by atoms with Gasteiger partial charge in [0.25, 0.3) is 0 Å². The molecule has 0 radical (unpaired) electrons. The molecule has 2 rings (SSSR count). The van der Waals surface area contributed by atoms with Gasteiger partial charge in [-0.1, -0.05) is 43.3 Å².